The quantitative estimate of drug-likeness (QED) is 0.685. The number of thiazole rings is 1. The lowest BCUT2D eigenvalue weighted by atomic mass is 10.2. The van der Waals surface area contributed by atoms with E-state index in [1.165, 1.54) is 6.07 Å². The van der Waals surface area contributed by atoms with Gasteiger partial charge in [-0.3, -0.25) is 10.1 Å². The standard InChI is InChI=1S/C12H12ClN3O2S/c1-7-12(19-8(2)15-7)6-14-10-4-3-9(13)5-11(10)16(17)18/h3-5,14H,6H2,1-2H3. The SMILES string of the molecule is Cc1nc(C)c(CNc2ccc(Cl)cc2[N+](=O)[O-])s1. The fourth-order valence-electron chi connectivity index (χ4n) is 1.72. The molecule has 0 amide bonds. The molecule has 5 nitrogen and oxygen atoms in total. The first-order chi connectivity index (χ1) is 8.97. The predicted octanol–water partition coefficient (Wildman–Crippen LogP) is 3.93. The topological polar surface area (TPSA) is 68.1 Å². The van der Waals surface area contributed by atoms with Crippen LogP contribution in [0.5, 0.6) is 0 Å². The lowest BCUT2D eigenvalue weighted by molar-refractivity contribution is -0.383. The summed E-state index contributed by atoms with van der Waals surface area (Å²) in [6, 6.07) is 4.58. The molecular formula is C12H12ClN3O2S. The molecule has 1 aromatic heterocycles. The van der Waals surface area contributed by atoms with E-state index in [0.29, 0.717) is 17.3 Å². The van der Waals surface area contributed by atoms with E-state index in [1.807, 2.05) is 13.8 Å². The van der Waals surface area contributed by atoms with E-state index >= 15 is 0 Å². The second-order valence-electron chi connectivity index (χ2n) is 4.01. The number of aryl methyl sites for hydroxylation is 2. The molecule has 1 N–H and O–H groups in total. The summed E-state index contributed by atoms with van der Waals surface area (Å²) in [5.74, 6) is 0. The van der Waals surface area contributed by atoms with Crippen LogP contribution in [0.4, 0.5) is 11.4 Å². The zero-order chi connectivity index (χ0) is 14.0. The van der Waals surface area contributed by atoms with Crippen molar-refractivity contribution in [3.63, 3.8) is 0 Å². The van der Waals surface area contributed by atoms with Gasteiger partial charge in [0.15, 0.2) is 0 Å². The highest BCUT2D eigenvalue weighted by atomic mass is 35.5. The Morgan fingerprint density at radius 2 is 2.21 bits per heavy atom. The zero-order valence-corrected chi connectivity index (χ0v) is 12.0. The summed E-state index contributed by atoms with van der Waals surface area (Å²) in [5, 5.41) is 15.4. The van der Waals surface area contributed by atoms with Gasteiger partial charge in [-0.25, -0.2) is 4.98 Å². The number of aromatic nitrogens is 1. The summed E-state index contributed by atoms with van der Waals surface area (Å²) >= 11 is 7.35. The second-order valence-corrected chi connectivity index (χ2v) is 5.74. The number of nitro benzene ring substituents is 1. The average molecular weight is 298 g/mol. The van der Waals surface area contributed by atoms with Crippen molar-refractivity contribution in [2.75, 3.05) is 5.32 Å². The van der Waals surface area contributed by atoms with Crippen LogP contribution in [0.1, 0.15) is 15.6 Å². The van der Waals surface area contributed by atoms with Crippen LogP contribution in [-0.2, 0) is 6.54 Å². The average Bonchev–Trinajstić information content (AvgIpc) is 2.66. The van der Waals surface area contributed by atoms with Gasteiger partial charge in [-0.2, -0.15) is 0 Å². The van der Waals surface area contributed by atoms with Crippen molar-refractivity contribution in [3.8, 4) is 0 Å². The molecule has 100 valence electrons. The van der Waals surface area contributed by atoms with Gasteiger partial charge in [0, 0.05) is 16.0 Å². The van der Waals surface area contributed by atoms with Crippen molar-refractivity contribution in [3.05, 3.63) is 48.9 Å². The van der Waals surface area contributed by atoms with Gasteiger partial charge in [0.1, 0.15) is 5.69 Å². The summed E-state index contributed by atoms with van der Waals surface area (Å²) in [4.78, 5) is 15.9. The van der Waals surface area contributed by atoms with Gasteiger partial charge in [0.25, 0.3) is 5.69 Å². The van der Waals surface area contributed by atoms with E-state index in [-0.39, 0.29) is 5.69 Å². The maximum absolute atomic E-state index is 11.0. The Morgan fingerprint density at radius 1 is 1.47 bits per heavy atom. The summed E-state index contributed by atoms with van der Waals surface area (Å²) < 4.78 is 0. The van der Waals surface area contributed by atoms with E-state index in [0.717, 1.165) is 15.6 Å². The third-order valence-electron chi connectivity index (χ3n) is 2.60. The van der Waals surface area contributed by atoms with Crippen LogP contribution in [0.2, 0.25) is 5.02 Å². The van der Waals surface area contributed by atoms with Crippen molar-refractivity contribution in [2.45, 2.75) is 20.4 Å². The zero-order valence-electron chi connectivity index (χ0n) is 10.4. The Bertz CT molecular complexity index is 627. The first-order valence-electron chi connectivity index (χ1n) is 5.58. The largest absolute Gasteiger partial charge is 0.375 e. The van der Waals surface area contributed by atoms with E-state index in [1.54, 1.807) is 23.5 Å². The lowest BCUT2D eigenvalue weighted by Gasteiger charge is -2.06. The fraction of sp³-hybridized carbons (Fsp3) is 0.250. The van der Waals surface area contributed by atoms with Crippen LogP contribution in [0.15, 0.2) is 18.2 Å². The third-order valence-corrected chi connectivity index (χ3v) is 3.90. The smallest absolute Gasteiger partial charge is 0.293 e. The predicted molar refractivity (Wildman–Crippen MR) is 77.0 cm³/mol. The highest BCUT2D eigenvalue weighted by Crippen LogP contribution is 2.29. The number of anilines is 1. The normalized spacial score (nSPS) is 10.5. The van der Waals surface area contributed by atoms with Crippen molar-refractivity contribution >= 4 is 34.3 Å². The molecule has 1 aromatic carbocycles. The number of hydrogen-bond donors (Lipinski definition) is 1. The molecule has 19 heavy (non-hydrogen) atoms. The van der Waals surface area contributed by atoms with Crippen LogP contribution in [0.3, 0.4) is 0 Å². The minimum absolute atomic E-state index is 0.0219. The van der Waals surface area contributed by atoms with E-state index in [9.17, 15) is 10.1 Å². The Morgan fingerprint density at radius 3 is 2.79 bits per heavy atom. The molecule has 0 saturated heterocycles. The number of benzene rings is 1. The Kier molecular flexibility index (Phi) is 4.01. The highest BCUT2D eigenvalue weighted by molar-refractivity contribution is 7.11. The van der Waals surface area contributed by atoms with Crippen molar-refractivity contribution < 1.29 is 4.92 Å². The van der Waals surface area contributed by atoms with Crippen molar-refractivity contribution in [2.24, 2.45) is 0 Å². The molecule has 0 aliphatic carbocycles. The van der Waals surface area contributed by atoms with Gasteiger partial charge >= 0.3 is 0 Å². The molecule has 0 atom stereocenters. The van der Waals surface area contributed by atoms with Gasteiger partial charge in [-0.1, -0.05) is 11.6 Å². The van der Waals surface area contributed by atoms with Gasteiger partial charge < -0.3 is 5.32 Å². The van der Waals surface area contributed by atoms with E-state index in [4.69, 9.17) is 11.6 Å². The summed E-state index contributed by atoms with van der Waals surface area (Å²) in [5.41, 5.74) is 1.39. The Balaban J connectivity index is 2.20. The minimum atomic E-state index is -0.445. The lowest BCUT2D eigenvalue weighted by Crippen LogP contribution is -2.02. The monoisotopic (exact) mass is 297 g/mol. The van der Waals surface area contributed by atoms with E-state index in [2.05, 4.69) is 10.3 Å². The molecule has 2 aromatic rings. The minimum Gasteiger partial charge on any atom is -0.375 e. The molecule has 7 heteroatoms. The first kappa shape index (κ1) is 13.8. The van der Waals surface area contributed by atoms with Gasteiger partial charge in [-0.15, -0.1) is 11.3 Å². The highest BCUT2D eigenvalue weighted by Gasteiger charge is 2.14. The fourth-order valence-corrected chi connectivity index (χ4v) is 2.76. The molecule has 0 aliphatic heterocycles. The van der Waals surface area contributed by atoms with Gasteiger partial charge in [0.05, 0.1) is 22.2 Å². The number of nitrogens with one attached hydrogen (secondary N) is 1. The number of halogens is 1. The van der Waals surface area contributed by atoms with Gasteiger partial charge in [-0.05, 0) is 26.0 Å². The van der Waals surface area contributed by atoms with Crippen LogP contribution < -0.4 is 5.32 Å². The van der Waals surface area contributed by atoms with Crippen molar-refractivity contribution in [1.82, 2.24) is 4.98 Å². The Hall–Kier alpha value is -1.66. The molecule has 0 unspecified atom stereocenters. The van der Waals surface area contributed by atoms with E-state index < -0.39 is 4.92 Å². The molecule has 0 aliphatic rings. The molecular weight excluding hydrogens is 286 g/mol. The summed E-state index contributed by atoms with van der Waals surface area (Å²) in [6.07, 6.45) is 0. The third kappa shape index (κ3) is 3.21. The van der Waals surface area contributed by atoms with Crippen LogP contribution >= 0.6 is 22.9 Å². The first-order valence-corrected chi connectivity index (χ1v) is 6.77. The summed E-state index contributed by atoms with van der Waals surface area (Å²) in [7, 11) is 0. The maximum atomic E-state index is 11.0. The maximum Gasteiger partial charge on any atom is 0.293 e. The Labute approximate surface area is 119 Å². The number of nitro groups is 1. The number of rotatable bonds is 4. The second kappa shape index (κ2) is 5.54. The number of nitrogens with zero attached hydrogens (tertiary/aromatic N) is 2. The molecule has 2 rings (SSSR count). The summed E-state index contributed by atoms with van der Waals surface area (Å²) in [6.45, 7) is 4.38. The van der Waals surface area contributed by atoms with Crippen LogP contribution in [0.25, 0.3) is 0 Å². The van der Waals surface area contributed by atoms with Crippen molar-refractivity contribution in [1.29, 1.82) is 0 Å². The van der Waals surface area contributed by atoms with Crippen LogP contribution in [-0.4, -0.2) is 9.91 Å². The number of hydrogen-bond acceptors (Lipinski definition) is 5. The van der Waals surface area contributed by atoms with Crippen LogP contribution in [0, 0.1) is 24.0 Å². The molecule has 0 spiro atoms. The molecule has 1 heterocycles. The molecule has 0 saturated carbocycles. The molecule has 0 radical (unpaired) electrons. The molecule has 0 bridgehead atoms. The van der Waals surface area contributed by atoms with Gasteiger partial charge in [0.2, 0.25) is 0 Å². The molecule has 0 fully saturated rings.